The third-order valence-electron chi connectivity index (χ3n) is 3.06. The fourth-order valence-electron chi connectivity index (χ4n) is 1.82. The number of amides is 2. The molecule has 0 atom stereocenters. The summed E-state index contributed by atoms with van der Waals surface area (Å²) in [6.45, 7) is 0. The molecule has 0 aromatic heterocycles. The lowest BCUT2D eigenvalue weighted by molar-refractivity contribution is -0.136. The van der Waals surface area contributed by atoms with Gasteiger partial charge in [0.2, 0.25) is 0 Å². The van der Waals surface area contributed by atoms with Gasteiger partial charge < -0.3 is 15.2 Å². The Hall–Kier alpha value is -2.48. The molecule has 0 radical (unpaired) electrons. The fourth-order valence-corrected chi connectivity index (χ4v) is 2.39. The molecule has 0 fully saturated rings. The number of nitrogens with one attached hydrogen (secondary N) is 2. The molecule has 0 unspecified atom stereocenters. The molecule has 2 aromatic rings. The van der Waals surface area contributed by atoms with E-state index in [1.807, 2.05) is 0 Å². The lowest BCUT2D eigenvalue weighted by Gasteiger charge is -2.07. The molecule has 3 N–H and O–H groups in total. The SMILES string of the molecule is COc1cc(/C=N\NC(=O)C(=O)Nc2cccc(Cl)c2Cl)cc(Cl)c1O. The summed E-state index contributed by atoms with van der Waals surface area (Å²) in [4.78, 5) is 23.6. The van der Waals surface area contributed by atoms with E-state index in [1.54, 1.807) is 12.1 Å². The van der Waals surface area contributed by atoms with E-state index in [9.17, 15) is 14.7 Å². The van der Waals surface area contributed by atoms with Gasteiger partial charge in [-0.05, 0) is 29.8 Å². The summed E-state index contributed by atoms with van der Waals surface area (Å²) in [6.07, 6.45) is 1.23. The van der Waals surface area contributed by atoms with Crippen LogP contribution >= 0.6 is 34.8 Å². The minimum absolute atomic E-state index is 0.0467. The lowest BCUT2D eigenvalue weighted by Crippen LogP contribution is -2.32. The highest BCUT2D eigenvalue weighted by molar-refractivity contribution is 6.45. The molecule has 0 bridgehead atoms. The van der Waals surface area contributed by atoms with Gasteiger partial charge in [-0.25, -0.2) is 5.43 Å². The van der Waals surface area contributed by atoms with E-state index in [1.165, 1.54) is 31.5 Å². The number of aromatic hydroxyl groups is 1. The monoisotopic (exact) mass is 415 g/mol. The van der Waals surface area contributed by atoms with Crippen molar-refractivity contribution in [1.29, 1.82) is 0 Å². The molecule has 0 aliphatic rings. The standard InChI is InChI=1S/C16H12Cl3N3O4/c1-26-12-6-8(5-10(18)14(12)23)7-20-22-16(25)15(24)21-11-4-2-3-9(17)13(11)19/h2-7,23H,1H3,(H,21,24)(H,22,25)/b20-7-. The van der Waals surface area contributed by atoms with Gasteiger partial charge in [-0.1, -0.05) is 40.9 Å². The van der Waals surface area contributed by atoms with Crippen molar-refractivity contribution in [2.45, 2.75) is 0 Å². The van der Waals surface area contributed by atoms with Crippen molar-refractivity contribution in [1.82, 2.24) is 5.43 Å². The molecule has 136 valence electrons. The maximum atomic E-state index is 11.8. The van der Waals surface area contributed by atoms with E-state index < -0.39 is 11.8 Å². The Labute approximate surface area is 163 Å². The summed E-state index contributed by atoms with van der Waals surface area (Å²) >= 11 is 17.6. The van der Waals surface area contributed by atoms with Gasteiger partial charge in [0.05, 0.1) is 34.1 Å². The van der Waals surface area contributed by atoms with E-state index >= 15 is 0 Å². The molecule has 0 saturated heterocycles. The van der Waals surface area contributed by atoms with Gasteiger partial charge in [0.25, 0.3) is 0 Å². The normalized spacial score (nSPS) is 10.6. The van der Waals surface area contributed by atoms with Crippen LogP contribution in [0.4, 0.5) is 5.69 Å². The number of carbonyl (C=O) groups is 2. The van der Waals surface area contributed by atoms with Crippen LogP contribution in [0.3, 0.4) is 0 Å². The number of phenolic OH excluding ortho intramolecular Hbond substituents is 1. The van der Waals surface area contributed by atoms with Crippen LogP contribution in [-0.2, 0) is 9.59 Å². The zero-order chi connectivity index (χ0) is 19.3. The van der Waals surface area contributed by atoms with E-state index in [-0.39, 0.29) is 32.3 Å². The number of carbonyl (C=O) groups excluding carboxylic acids is 2. The number of methoxy groups -OCH3 is 1. The fraction of sp³-hybridized carbons (Fsp3) is 0.0625. The Kier molecular flexibility index (Phi) is 6.68. The van der Waals surface area contributed by atoms with Crippen molar-refractivity contribution in [3.63, 3.8) is 0 Å². The zero-order valence-electron chi connectivity index (χ0n) is 13.2. The summed E-state index contributed by atoms with van der Waals surface area (Å²) in [5.74, 6) is -2.08. The van der Waals surface area contributed by atoms with Gasteiger partial charge in [-0.2, -0.15) is 5.10 Å². The Bertz CT molecular complexity index is 887. The van der Waals surface area contributed by atoms with Gasteiger partial charge in [-0.15, -0.1) is 0 Å². The van der Waals surface area contributed by atoms with Crippen molar-refractivity contribution in [2.75, 3.05) is 12.4 Å². The average Bonchev–Trinajstić information content (AvgIpc) is 2.61. The van der Waals surface area contributed by atoms with Gasteiger partial charge in [0.15, 0.2) is 11.5 Å². The highest BCUT2D eigenvalue weighted by atomic mass is 35.5. The average molecular weight is 417 g/mol. The maximum absolute atomic E-state index is 11.8. The second kappa shape index (κ2) is 8.75. The minimum Gasteiger partial charge on any atom is -0.503 e. The number of phenols is 1. The quantitative estimate of drug-likeness (QED) is 0.404. The predicted molar refractivity (Wildman–Crippen MR) is 100 cm³/mol. The molecule has 2 aromatic carbocycles. The number of rotatable bonds is 4. The molecule has 2 rings (SSSR count). The van der Waals surface area contributed by atoms with Crippen LogP contribution in [0.5, 0.6) is 11.5 Å². The van der Waals surface area contributed by atoms with Crippen LogP contribution in [0.25, 0.3) is 0 Å². The van der Waals surface area contributed by atoms with Crippen molar-refractivity contribution < 1.29 is 19.4 Å². The summed E-state index contributed by atoms with van der Waals surface area (Å²) in [5.41, 5.74) is 2.68. The van der Waals surface area contributed by atoms with E-state index in [2.05, 4.69) is 15.8 Å². The first-order valence-electron chi connectivity index (χ1n) is 6.98. The molecular weight excluding hydrogens is 405 g/mol. The van der Waals surface area contributed by atoms with Gasteiger partial charge >= 0.3 is 11.8 Å². The Morgan fingerprint density at radius 2 is 1.88 bits per heavy atom. The molecule has 0 aliphatic carbocycles. The van der Waals surface area contributed by atoms with Crippen LogP contribution in [0.1, 0.15) is 5.56 Å². The zero-order valence-corrected chi connectivity index (χ0v) is 15.5. The lowest BCUT2D eigenvalue weighted by atomic mass is 10.2. The van der Waals surface area contributed by atoms with Gasteiger partial charge in [0, 0.05) is 0 Å². The van der Waals surface area contributed by atoms with Gasteiger partial charge in [-0.3, -0.25) is 9.59 Å². The van der Waals surface area contributed by atoms with Crippen molar-refractivity contribution >= 4 is 58.5 Å². The highest BCUT2D eigenvalue weighted by Gasteiger charge is 2.15. The number of nitrogens with zero attached hydrogens (tertiary/aromatic N) is 1. The molecule has 0 aliphatic heterocycles. The first kappa shape index (κ1) is 19.8. The molecular formula is C16H12Cl3N3O4. The van der Waals surface area contributed by atoms with E-state index in [0.717, 1.165) is 0 Å². The number of anilines is 1. The molecule has 0 heterocycles. The summed E-state index contributed by atoms with van der Waals surface area (Å²) < 4.78 is 4.95. The van der Waals surface area contributed by atoms with Crippen LogP contribution in [0.15, 0.2) is 35.4 Å². The molecule has 0 spiro atoms. The predicted octanol–water partition coefficient (Wildman–Crippen LogP) is 3.45. The third kappa shape index (κ3) is 4.78. The van der Waals surface area contributed by atoms with Crippen LogP contribution in [0.2, 0.25) is 15.1 Å². The largest absolute Gasteiger partial charge is 0.503 e. The minimum atomic E-state index is -1.02. The first-order chi connectivity index (χ1) is 12.3. The van der Waals surface area contributed by atoms with E-state index in [4.69, 9.17) is 39.5 Å². The van der Waals surface area contributed by atoms with E-state index in [0.29, 0.717) is 5.56 Å². The summed E-state index contributed by atoms with van der Waals surface area (Å²) in [5, 5.41) is 16.0. The summed E-state index contributed by atoms with van der Waals surface area (Å²) in [7, 11) is 1.36. The molecule has 10 heteroatoms. The Morgan fingerprint density at radius 1 is 1.15 bits per heavy atom. The number of halogens is 3. The second-order valence-electron chi connectivity index (χ2n) is 4.81. The van der Waals surface area contributed by atoms with Crippen LogP contribution in [-0.4, -0.2) is 30.2 Å². The third-order valence-corrected chi connectivity index (χ3v) is 4.16. The molecule has 7 nitrogen and oxygen atoms in total. The Morgan fingerprint density at radius 3 is 2.58 bits per heavy atom. The van der Waals surface area contributed by atoms with Crippen LogP contribution < -0.4 is 15.5 Å². The van der Waals surface area contributed by atoms with Crippen molar-refractivity contribution in [3.05, 3.63) is 51.0 Å². The smallest absolute Gasteiger partial charge is 0.329 e. The summed E-state index contributed by atoms with van der Waals surface area (Å²) in [6, 6.07) is 7.46. The number of benzene rings is 2. The number of hydrogen-bond donors (Lipinski definition) is 3. The van der Waals surface area contributed by atoms with Crippen molar-refractivity contribution in [3.8, 4) is 11.5 Å². The first-order valence-corrected chi connectivity index (χ1v) is 8.11. The number of hydrogen-bond acceptors (Lipinski definition) is 5. The Balaban J connectivity index is 2.02. The maximum Gasteiger partial charge on any atom is 0.329 e. The number of hydrazone groups is 1. The number of ether oxygens (including phenoxy) is 1. The van der Waals surface area contributed by atoms with Crippen molar-refractivity contribution in [2.24, 2.45) is 5.10 Å². The highest BCUT2D eigenvalue weighted by Crippen LogP contribution is 2.34. The molecule has 26 heavy (non-hydrogen) atoms. The topological polar surface area (TPSA) is 100 Å². The molecule has 0 saturated carbocycles. The van der Waals surface area contributed by atoms with Crippen LogP contribution in [0, 0.1) is 0 Å². The van der Waals surface area contributed by atoms with Gasteiger partial charge in [0.1, 0.15) is 0 Å². The second-order valence-corrected chi connectivity index (χ2v) is 6.00. The molecule has 2 amide bonds.